The van der Waals surface area contributed by atoms with E-state index in [-0.39, 0.29) is 44.0 Å². The first-order chi connectivity index (χ1) is 23.4. The number of hydrogen-bond donors (Lipinski definition) is 9. The number of nitrogens with two attached hydrogens (primary N) is 3. The molecule has 1 aromatic heterocycles. The summed E-state index contributed by atoms with van der Waals surface area (Å²) in [5.41, 5.74) is 17.6. The molecule has 0 bridgehead atoms. The molecule has 0 aliphatic carbocycles. The number of hydroxylamine groups is 4. The molecule has 262 valence electrons. The van der Waals surface area contributed by atoms with Gasteiger partial charge in [-0.05, 0) is 72.0 Å². The SMILES string of the molecule is CC(C)(C(=O)N(CC(=O)O)CC(=O)O)c1cc(-c2nc3ccc(C(=N)N)cc3[nH]2)c(CN(O)C(N)=O)c(-c2ccccc2CN(O)C(N)=O)c1. The van der Waals surface area contributed by atoms with E-state index < -0.39 is 61.5 Å². The van der Waals surface area contributed by atoms with Crippen LogP contribution in [0.1, 0.15) is 36.1 Å². The van der Waals surface area contributed by atoms with Crippen LogP contribution in [0.5, 0.6) is 0 Å². The number of nitrogen functional groups attached to an aromatic ring is 1. The van der Waals surface area contributed by atoms with Gasteiger partial charge in [0.15, 0.2) is 0 Å². The molecular formula is C32H35N9O9. The van der Waals surface area contributed by atoms with Gasteiger partial charge in [0, 0.05) is 11.1 Å². The van der Waals surface area contributed by atoms with Crippen LogP contribution >= 0.6 is 0 Å². The van der Waals surface area contributed by atoms with Gasteiger partial charge in [0.1, 0.15) is 24.7 Å². The Labute approximate surface area is 283 Å². The molecule has 18 nitrogen and oxygen atoms in total. The third-order valence-corrected chi connectivity index (χ3v) is 7.94. The molecule has 0 aliphatic heterocycles. The Morgan fingerprint density at radius 3 is 1.98 bits per heavy atom. The number of primary amides is 2. The van der Waals surface area contributed by atoms with E-state index in [1.807, 2.05) is 0 Å². The van der Waals surface area contributed by atoms with Gasteiger partial charge >= 0.3 is 24.0 Å². The first-order valence-corrected chi connectivity index (χ1v) is 14.8. The fourth-order valence-electron chi connectivity index (χ4n) is 5.39. The number of benzene rings is 3. The van der Waals surface area contributed by atoms with Gasteiger partial charge in [-0.3, -0.25) is 30.2 Å². The van der Waals surface area contributed by atoms with Crippen molar-refractivity contribution >= 4 is 46.8 Å². The molecule has 50 heavy (non-hydrogen) atoms. The smallest absolute Gasteiger partial charge is 0.338 e. The maximum absolute atomic E-state index is 14.0. The van der Waals surface area contributed by atoms with Crippen molar-refractivity contribution in [1.82, 2.24) is 25.0 Å². The Morgan fingerprint density at radius 1 is 0.820 bits per heavy atom. The maximum atomic E-state index is 14.0. The highest BCUT2D eigenvalue weighted by Gasteiger charge is 2.37. The molecular weight excluding hydrogens is 654 g/mol. The zero-order valence-electron chi connectivity index (χ0n) is 26.9. The molecule has 0 saturated heterocycles. The Hall–Kier alpha value is -6.53. The van der Waals surface area contributed by atoms with Gasteiger partial charge in [0.25, 0.3) is 0 Å². The summed E-state index contributed by atoms with van der Waals surface area (Å²) >= 11 is 0. The summed E-state index contributed by atoms with van der Waals surface area (Å²) in [6, 6.07) is 11.9. The number of rotatable bonds is 13. The van der Waals surface area contributed by atoms with Crippen molar-refractivity contribution in [3.63, 3.8) is 0 Å². The van der Waals surface area contributed by atoms with Crippen molar-refractivity contribution < 1.29 is 44.6 Å². The van der Waals surface area contributed by atoms with Crippen LogP contribution < -0.4 is 17.2 Å². The van der Waals surface area contributed by atoms with Gasteiger partial charge < -0.3 is 37.3 Å². The van der Waals surface area contributed by atoms with Crippen molar-refractivity contribution in [1.29, 1.82) is 5.41 Å². The number of aliphatic carboxylic acids is 2. The molecule has 1 heterocycles. The topological polar surface area (TPSA) is 307 Å². The lowest BCUT2D eigenvalue weighted by Crippen LogP contribution is -2.47. The average Bonchev–Trinajstić information content (AvgIpc) is 3.47. The summed E-state index contributed by atoms with van der Waals surface area (Å²) < 4.78 is 0. The second-order valence-electron chi connectivity index (χ2n) is 11.8. The summed E-state index contributed by atoms with van der Waals surface area (Å²) in [7, 11) is 0. The molecule has 0 spiro atoms. The van der Waals surface area contributed by atoms with E-state index in [0.29, 0.717) is 32.6 Å². The monoisotopic (exact) mass is 689 g/mol. The number of carboxylic acid groups (broad SMARTS) is 2. The molecule has 18 heteroatoms. The predicted octanol–water partition coefficient (Wildman–Crippen LogP) is 2.00. The van der Waals surface area contributed by atoms with Gasteiger partial charge in [-0.1, -0.05) is 24.3 Å². The number of urea groups is 2. The fourth-order valence-corrected chi connectivity index (χ4v) is 5.39. The lowest BCUT2D eigenvalue weighted by molar-refractivity contribution is -0.151. The average molecular weight is 690 g/mol. The second-order valence-corrected chi connectivity index (χ2v) is 11.8. The minimum absolute atomic E-state index is 0.159. The van der Waals surface area contributed by atoms with Crippen LogP contribution in [0.3, 0.4) is 0 Å². The highest BCUT2D eigenvalue weighted by Crippen LogP contribution is 2.40. The van der Waals surface area contributed by atoms with Crippen LogP contribution in [0.25, 0.3) is 33.5 Å². The lowest BCUT2D eigenvalue weighted by atomic mass is 9.78. The van der Waals surface area contributed by atoms with E-state index in [1.165, 1.54) is 26.0 Å². The molecule has 0 atom stereocenters. The fraction of sp³-hybridized carbons (Fsp3) is 0.219. The van der Waals surface area contributed by atoms with E-state index in [1.54, 1.807) is 42.5 Å². The van der Waals surface area contributed by atoms with E-state index in [4.69, 9.17) is 22.6 Å². The van der Waals surface area contributed by atoms with Crippen molar-refractivity contribution in [2.45, 2.75) is 32.4 Å². The number of amides is 5. The third-order valence-electron chi connectivity index (χ3n) is 7.94. The number of carboxylic acids is 2. The Kier molecular flexibility index (Phi) is 10.4. The van der Waals surface area contributed by atoms with E-state index in [2.05, 4.69) is 9.97 Å². The number of hydrogen-bond acceptors (Lipinski definition) is 9. The van der Waals surface area contributed by atoms with Gasteiger partial charge in [-0.25, -0.2) is 24.7 Å². The first-order valence-electron chi connectivity index (χ1n) is 14.8. The van der Waals surface area contributed by atoms with Crippen LogP contribution in [0.4, 0.5) is 9.59 Å². The molecule has 0 saturated carbocycles. The second kappa shape index (κ2) is 14.3. The summed E-state index contributed by atoms with van der Waals surface area (Å²) in [4.78, 5) is 69.5. The van der Waals surface area contributed by atoms with Gasteiger partial charge in [0.05, 0.1) is 29.5 Å². The number of imidazole rings is 1. The number of nitrogens with one attached hydrogen (secondary N) is 2. The van der Waals surface area contributed by atoms with Crippen molar-refractivity contribution in [3.8, 4) is 22.5 Å². The van der Waals surface area contributed by atoms with Crippen molar-refractivity contribution in [2.24, 2.45) is 17.2 Å². The summed E-state index contributed by atoms with van der Waals surface area (Å²) in [5, 5.41) is 48.1. The highest BCUT2D eigenvalue weighted by atomic mass is 16.5. The van der Waals surface area contributed by atoms with Crippen LogP contribution in [0, 0.1) is 5.41 Å². The quantitative estimate of drug-likeness (QED) is 0.0423. The molecule has 0 radical (unpaired) electrons. The van der Waals surface area contributed by atoms with Gasteiger partial charge in [-0.2, -0.15) is 0 Å². The van der Waals surface area contributed by atoms with Crippen LogP contribution in [0.2, 0.25) is 0 Å². The summed E-state index contributed by atoms with van der Waals surface area (Å²) in [5.74, 6) is -3.78. The number of amidine groups is 1. The van der Waals surface area contributed by atoms with Crippen LogP contribution in [-0.4, -0.2) is 94.5 Å². The van der Waals surface area contributed by atoms with Crippen molar-refractivity contribution in [2.75, 3.05) is 13.1 Å². The lowest BCUT2D eigenvalue weighted by Gasteiger charge is -2.32. The highest BCUT2D eigenvalue weighted by molar-refractivity contribution is 5.98. The summed E-state index contributed by atoms with van der Waals surface area (Å²) in [6.07, 6.45) is 0. The Morgan fingerprint density at radius 2 is 1.40 bits per heavy atom. The minimum atomic E-state index is -1.62. The number of carbonyl (C=O) groups is 5. The molecule has 0 fully saturated rings. The van der Waals surface area contributed by atoms with Crippen LogP contribution in [0.15, 0.2) is 54.6 Å². The predicted molar refractivity (Wildman–Crippen MR) is 177 cm³/mol. The van der Waals surface area contributed by atoms with Gasteiger partial charge in [-0.15, -0.1) is 0 Å². The van der Waals surface area contributed by atoms with E-state index in [0.717, 1.165) is 0 Å². The summed E-state index contributed by atoms with van der Waals surface area (Å²) in [6.45, 7) is 0.158. The zero-order valence-corrected chi connectivity index (χ0v) is 26.9. The standard InChI is InChI=1S/C32H35N9O9/c1-32(2,29(46)39(14-25(42)43)15-26(44)45)18-10-20(19-6-4-3-5-17(19)12-40(49)30(35)47)22(13-41(50)31(36)48)21(11-18)28-37-23-8-7-16(27(33)34)9-24(23)38-28/h3-11,49-50H,12-15H2,1-2H3,(H3,33,34)(H2,35,47)(H2,36,48)(H,37,38)(H,42,43)(H,44,45). The zero-order chi connectivity index (χ0) is 37.1. The Balaban J connectivity index is 2.10. The largest absolute Gasteiger partial charge is 0.480 e. The van der Waals surface area contributed by atoms with E-state index in [9.17, 15) is 44.6 Å². The molecule has 12 N–H and O–H groups in total. The third kappa shape index (κ3) is 7.77. The number of H-pyrrole nitrogens is 1. The molecule has 5 amide bonds. The van der Waals surface area contributed by atoms with Gasteiger partial charge in [0.2, 0.25) is 5.91 Å². The molecule has 0 unspecified atom stereocenters. The number of aromatic nitrogens is 2. The molecule has 3 aromatic carbocycles. The molecule has 0 aliphatic rings. The number of nitrogens with zero attached hydrogens (tertiary/aromatic N) is 4. The van der Waals surface area contributed by atoms with Crippen molar-refractivity contribution in [3.05, 3.63) is 76.9 Å². The maximum Gasteiger partial charge on any atom is 0.338 e. The Bertz CT molecular complexity index is 2010. The molecule has 4 rings (SSSR count). The first kappa shape index (κ1) is 36.3. The van der Waals surface area contributed by atoms with E-state index >= 15 is 0 Å². The normalized spacial score (nSPS) is 11.2. The molecule has 4 aromatic rings. The number of carbonyl (C=O) groups excluding carboxylic acids is 3. The number of fused-ring (bicyclic) bond motifs is 1. The minimum Gasteiger partial charge on any atom is -0.480 e. The number of aromatic amines is 1. The van der Waals surface area contributed by atoms with Crippen LogP contribution in [-0.2, 0) is 32.9 Å².